The molecule has 1 heterocycles. The zero-order valence-corrected chi connectivity index (χ0v) is 28.0. The number of azide groups is 1. The first-order valence-corrected chi connectivity index (χ1v) is 17.6. The average Bonchev–Trinajstić information content (AvgIpc) is 3.51. The van der Waals surface area contributed by atoms with Crippen molar-refractivity contribution >= 4 is 38.9 Å². The maximum atomic E-state index is 14.4. The Kier molecular flexibility index (Phi) is 11.9. The van der Waals surface area contributed by atoms with Crippen molar-refractivity contribution in [2.75, 3.05) is 25.5 Å². The van der Waals surface area contributed by atoms with Gasteiger partial charge in [-0.1, -0.05) is 71.3 Å². The minimum Gasteiger partial charge on any atom is -0.494 e. The van der Waals surface area contributed by atoms with E-state index in [2.05, 4.69) is 20.9 Å². The Labute approximate surface area is 289 Å². The highest BCUT2D eigenvalue weighted by atomic mass is 35.5. The predicted molar refractivity (Wildman–Crippen MR) is 186 cm³/mol. The molecule has 0 bridgehead atoms. The third kappa shape index (κ3) is 8.77. The summed E-state index contributed by atoms with van der Waals surface area (Å²) in [4.78, 5) is 22.3. The van der Waals surface area contributed by atoms with Crippen LogP contribution >= 0.6 is 11.6 Å². The number of benzene rings is 4. The summed E-state index contributed by atoms with van der Waals surface area (Å²) in [6.45, 7) is 0.662. The summed E-state index contributed by atoms with van der Waals surface area (Å²) < 4.78 is 39.2. The normalized spacial score (nSPS) is 17.0. The van der Waals surface area contributed by atoms with Crippen LogP contribution in [0.2, 0.25) is 5.02 Å². The quantitative estimate of drug-likeness (QED) is 0.0420. The van der Waals surface area contributed by atoms with Crippen LogP contribution in [0.1, 0.15) is 35.6 Å². The van der Waals surface area contributed by atoms with E-state index in [9.17, 15) is 18.7 Å². The van der Waals surface area contributed by atoms with Crippen LogP contribution in [0.5, 0.6) is 5.75 Å². The fraction of sp³-hybridized carbons (Fsp3) is 0.257. The molecule has 0 aliphatic carbocycles. The van der Waals surface area contributed by atoms with Gasteiger partial charge in [-0.05, 0) is 66.0 Å². The number of hydrazine groups is 1. The van der Waals surface area contributed by atoms with E-state index in [0.29, 0.717) is 47.9 Å². The van der Waals surface area contributed by atoms with E-state index in [1.165, 1.54) is 12.1 Å². The Balaban J connectivity index is 1.53. The Morgan fingerprint density at radius 3 is 2.53 bits per heavy atom. The summed E-state index contributed by atoms with van der Waals surface area (Å²) in [7, 11) is -3.86. The maximum Gasteiger partial charge on any atom is 0.266 e. The molecule has 0 saturated heterocycles. The molecule has 0 fully saturated rings. The van der Waals surface area contributed by atoms with Gasteiger partial charge in [-0.3, -0.25) is 10.2 Å². The molecule has 2 atom stereocenters. The van der Waals surface area contributed by atoms with Gasteiger partial charge in [0, 0.05) is 52.7 Å². The van der Waals surface area contributed by atoms with Gasteiger partial charge in [-0.2, -0.15) is 0 Å². The number of aliphatic hydroxyl groups excluding tert-OH is 1. The number of hydrogen-bond donors (Lipinski definition) is 3. The van der Waals surface area contributed by atoms with Crippen LogP contribution in [0.15, 0.2) is 118 Å². The zero-order valence-electron chi connectivity index (χ0n) is 26.4. The van der Waals surface area contributed by atoms with Crippen molar-refractivity contribution < 1.29 is 27.8 Å². The average molecular weight is 703 g/mol. The number of nitrogens with zero attached hydrogens (tertiary/aromatic N) is 4. The minimum atomic E-state index is -3.86. The number of rotatable bonds is 16. The maximum absolute atomic E-state index is 14.4. The molecule has 3 N–H and O–H groups in total. The number of carbonyl (C=O) groups is 1. The monoisotopic (exact) mass is 702 g/mol. The Morgan fingerprint density at radius 2 is 1.80 bits per heavy atom. The molecular formula is C35H35ClN6O6S. The number of aliphatic hydroxyl groups is 1. The van der Waals surface area contributed by atoms with Crippen LogP contribution in [0.3, 0.4) is 0 Å². The van der Waals surface area contributed by atoms with Gasteiger partial charge in [-0.25, -0.2) is 18.8 Å². The fourth-order valence-corrected chi connectivity index (χ4v) is 6.98. The summed E-state index contributed by atoms with van der Waals surface area (Å²) in [5, 5.41) is 13.5. The number of carbonyl (C=O) groups excluding carboxylic acids is 1. The van der Waals surface area contributed by atoms with Crippen LogP contribution in [0, 0.1) is 0 Å². The molecule has 1 aliphatic heterocycles. The summed E-state index contributed by atoms with van der Waals surface area (Å²) in [6, 6.07) is 28.8. The lowest BCUT2D eigenvalue weighted by Gasteiger charge is -2.31. The molecule has 49 heavy (non-hydrogen) atoms. The predicted octanol–water partition coefficient (Wildman–Crippen LogP) is 6.03. The van der Waals surface area contributed by atoms with Crippen LogP contribution in [0.25, 0.3) is 10.4 Å². The summed E-state index contributed by atoms with van der Waals surface area (Å²) in [6.07, 6.45) is -0.435. The number of halogens is 1. The Hall–Kier alpha value is -4.91. The highest BCUT2D eigenvalue weighted by molar-refractivity contribution is 7.91. The second-order valence-electron chi connectivity index (χ2n) is 11.2. The van der Waals surface area contributed by atoms with Crippen molar-refractivity contribution in [3.8, 4) is 5.75 Å². The van der Waals surface area contributed by atoms with Gasteiger partial charge in [0.25, 0.3) is 5.91 Å². The molecule has 5 rings (SSSR count). The lowest BCUT2D eigenvalue weighted by atomic mass is 9.84. The summed E-state index contributed by atoms with van der Waals surface area (Å²) in [5.74, 6) is -0.427. The molecule has 4 aromatic rings. The molecule has 254 valence electrons. The van der Waals surface area contributed by atoms with E-state index in [0.717, 1.165) is 5.56 Å². The molecule has 12 nitrogen and oxygen atoms in total. The molecule has 0 unspecified atom stereocenters. The van der Waals surface area contributed by atoms with Crippen LogP contribution in [0.4, 0.5) is 5.69 Å². The van der Waals surface area contributed by atoms with Crippen molar-refractivity contribution in [2.45, 2.75) is 35.8 Å². The highest BCUT2D eigenvalue weighted by Crippen LogP contribution is 2.45. The van der Waals surface area contributed by atoms with Gasteiger partial charge in [0.15, 0.2) is 21.5 Å². The number of nitrogens with one attached hydrogen (secondary N) is 2. The van der Waals surface area contributed by atoms with E-state index >= 15 is 0 Å². The molecule has 1 aliphatic rings. The van der Waals surface area contributed by atoms with E-state index in [4.69, 9.17) is 31.2 Å². The fourth-order valence-electron chi connectivity index (χ4n) is 5.38. The smallest absolute Gasteiger partial charge is 0.266 e. The van der Waals surface area contributed by atoms with E-state index < -0.39 is 33.1 Å². The minimum absolute atomic E-state index is 0.00103. The van der Waals surface area contributed by atoms with Crippen molar-refractivity contribution in [2.24, 2.45) is 10.1 Å². The van der Waals surface area contributed by atoms with Crippen molar-refractivity contribution in [1.29, 1.82) is 0 Å². The molecule has 0 spiro atoms. The standard InChI is InChI=1S/C35H35ClN6O6S/c36-27-9-6-8-25(24-27)18-20-38-41-34(44)35(19-23-49(45,46)29-10-2-1-3-11-29)32(30-12-4-5-13-31(30)40-42-37)48-33(39-35)26-14-16-28(17-15-26)47-22-7-21-43/h1-6,8-17,24,32,38,43H,7,18-23H2,(H,41,44)/t32-,35-/m0/s1. The number of sulfone groups is 1. The van der Waals surface area contributed by atoms with Crippen molar-refractivity contribution in [1.82, 2.24) is 10.9 Å². The summed E-state index contributed by atoms with van der Waals surface area (Å²) >= 11 is 6.13. The van der Waals surface area contributed by atoms with E-state index in [1.54, 1.807) is 72.8 Å². The van der Waals surface area contributed by atoms with Crippen LogP contribution in [-0.4, -0.2) is 56.4 Å². The second-order valence-corrected chi connectivity index (χ2v) is 13.7. The number of aliphatic imine (C=N–C) groups is 1. The third-order valence-corrected chi connectivity index (χ3v) is 9.85. The second kappa shape index (κ2) is 16.5. The first kappa shape index (κ1) is 35.4. The van der Waals surface area contributed by atoms with Crippen LogP contribution in [-0.2, 0) is 25.8 Å². The number of hydrogen-bond acceptors (Lipinski definition) is 9. The van der Waals surface area contributed by atoms with Crippen molar-refractivity contribution in [3.63, 3.8) is 0 Å². The molecule has 1 amide bonds. The Morgan fingerprint density at radius 1 is 1.04 bits per heavy atom. The zero-order chi connectivity index (χ0) is 34.7. The van der Waals surface area contributed by atoms with Gasteiger partial charge in [0.05, 0.1) is 17.3 Å². The first-order chi connectivity index (χ1) is 23.8. The van der Waals surface area contributed by atoms with Gasteiger partial charge in [0.2, 0.25) is 5.90 Å². The first-order valence-electron chi connectivity index (χ1n) is 15.6. The highest BCUT2D eigenvalue weighted by Gasteiger charge is 2.54. The largest absolute Gasteiger partial charge is 0.494 e. The lowest BCUT2D eigenvalue weighted by Crippen LogP contribution is -2.53. The SMILES string of the molecule is [N-]=[N+]=Nc1ccccc1[C@@H]1OC(c2ccc(OCCCO)cc2)=N[C@]1(CCS(=O)(=O)c1ccccc1)C(=O)NNCCc1cccc(Cl)c1. The van der Waals surface area contributed by atoms with E-state index in [1.807, 2.05) is 18.2 Å². The van der Waals surface area contributed by atoms with Gasteiger partial charge < -0.3 is 14.6 Å². The third-order valence-electron chi connectivity index (χ3n) is 7.89. The lowest BCUT2D eigenvalue weighted by molar-refractivity contribution is -0.130. The van der Waals surface area contributed by atoms with E-state index in [-0.39, 0.29) is 29.5 Å². The molecular weight excluding hydrogens is 668 g/mol. The molecule has 0 aromatic heterocycles. The molecule has 0 radical (unpaired) electrons. The van der Waals surface area contributed by atoms with Gasteiger partial charge >= 0.3 is 0 Å². The Bertz CT molecular complexity index is 1940. The number of ether oxygens (including phenoxy) is 2. The molecule has 0 saturated carbocycles. The molecule has 14 heteroatoms. The van der Waals surface area contributed by atoms with Gasteiger partial charge in [-0.15, -0.1) is 0 Å². The topological polar surface area (TPSA) is 175 Å². The summed E-state index contributed by atoms with van der Waals surface area (Å²) in [5.41, 5.74) is 15.2. The van der Waals surface area contributed by atoms with Crippen molar-refractivity contribution in [3.05, 3.63) is 135 Å². The van der Waals surface area contributed by atoms with Gasteiger partial charge in [0.1, 0.15) is 5.75 Å². The number of amides is 1. The van der Waals surface area contributed by atoms with Crippen LogP contribution < -0.4 is 15.6 Å². The molecule has 4 aromatic carbocycles.